The van der Waals surface area contributed by atoms with Gasteiger partial charge in [0.05, 0.1) is 19.3 Å². The van der Waals surface area contributed by atoms with E-state index in [9.17, 15) is 18.3 Å². The van der Waals surface area contributed by atoms with E-state index in [0.717, 1.165) is 17.8 Å². The van der Waals surface area contributed by atoms with Gasteiger partial charge in [-0.25, -0.2) is 13.2 Å². The summed E-state index contributed by atoms with van der Waals surface area (Å²) in [6.07, 6.45) is 1.19. The number of aliphatic carboxylic acids is 1. The van der Waals surface area contributed by atoms with Crippen molar-refractivity contribution in [3.05, 3.63) is 12.1 Å². The monoisotopic (exact) mass is 347 g/mol. The standard InChI is InChI=1S/C13H17NO6S2/c1-19-10-3-4-11(21-10)22(17,18)14-7-9(12(15)16)20-13(8-14)5-2-6-13/h3-4,9H,2,5-8H2,1H3,(H,15,16). The molecule has 0 amide bonds. The molecule has 7 nitrogen and oxygen atoms in total. The first-order valence-corrected chi connectivity index (χ1v) is 9.17. The lowest BCUT2D eigenvalue weighted by molar-refractivity contribution is -0.195. The summed E-state index contributed by atoms with van der Waals surface area (Å²) >= 11 is 1.03. The van der Waals surface area contributed by atoms with Gasteiger partial charge in [0.15, 0.2) is 11.2 Å². The van der Waals surface area contributed by atoms with E-state index in [4.69, 9.17) is 9.47 Å². The van der Waals surface area contributed by atoms with E-state index in [1.807, 2.05) is 0 Å². The molecule has 2 heterocycles. The number of carbonyl (C=O) groups is 1. The molecular weight excluding hydrogens is 330 g/mol. The molecule has 1 aliphatic heterocycles. The molecule has 0 bridgehead atoms. The highest BCUT2D eigenvalue weighted by Crippen LogP contribution is 2.42. The number of hydrogen-bond donors (Lipinski definition) is 1. The Labute approximate surface area is 132 Å². The summed E-state index contributed by atoms with van der Waals surface area (Å²) < 4.78 is 37.5. The van der Waals surface area contributed by atoms with Crippen LogP contribution < -0.4 is 4.74 Å². The minimum Gasteiger partial charge on any atom is -0.487 e. The largest absolute Gasteiger partial charge is 0.487 e. The molecule has 122 valence electrons. The van der Waals surface area contributed by atoms with Crippen LogP contribution in [0.3, 0.4) is 0 Å². The van der Waals surface area contributed by atoms with Crippen molar-refractivity contribution >= 4 is 27.3 Å². The van der Waals surface area contributed by atoms with E-state index in [1.54, 1.807) is 6.07 Å². The van der Waals surface area contributed by atoms with E-state index in [1.165, 1.54) is 17.5 Å². The Balaban J connectivity index is 1.89. The lowest BCUT2D eigenvalue weighted by Crippen LogP contribution is -2.61. The van der Waals surface area contributed by atoms with Gasteiger partial charge in [0.1, 0.15) is 4.21 Å². The van der Waals surface area contributed by atoms with Gasteiger partial charge >= 0.3 is 5.97 Å². The molecule has 22 heavy (non-hydrogen) atoms. The maximum atomic E-state index is 12.7. The molecular formula is C13H17NO6S2. The van der Waals surface area contributed by atoms with Crippen LogP contribution >= 0.6 is 11.3 Å². The highest BCUT2D eigenvalue weighted by molar-refractivity contribution is 7.91. The van der Waals surface area contributed by atoms with Gasteiger partial charge in [0.2, 0.25) is 0 Å². The zero-order valence-electron chi connectivity index (χ0n) is 12.0. The lowest BCUT2D eigenvalue weighted by Gasteiger charge is -2.49. The molecule has 0 radical (unpaired) electrons. The molecule has 3 rings (SSSR count). The Morgan fingerprint density at radius 2 is 2.23 bits per heavy atom. The van der Waals surface area contributed by atoms with Gasteiger partial charge in [-0.1, -0.05) is 11.3 Å². The summed E-state index contributed by atoms with van der Waals surface area (Å²) in [6.45, 7) is 0.0406. The predicted molar refractivity (Wildman–Crippen MR) is 78.7 cm³/mol. The number of morpholine rings is 1. The first-order chi connectivity index (χ1) is 10.4. The molecule has 1 atom stereocenters. The highest BCUT2D eigenvalue weighted by atomic mass is 32.2. The van der Waals surface area contributed by atoms with Crippen molar-refractivity contribution in [1.29, 1.82) is 0 Å². The summed E-state index contributed by atoms with van der Waals surface area (Å²) in [7, 11) is -2.26. The van der Waals surface area contributed by atoms with Crippen LogP contribution in [0.5, 0.6) is 5.06 Å². The second kappa shape index (κ2) is 5.48. The number of methoxy groups -OCH3 is 1. The van der Waals surface area contributed by atoms with Crippen molar-refractivity contribution in [3.63, 3.8) is 0 Å². The summed E-state index contributed by atoms with van der Waals surface area (Å²) in [5, 5.41) is 9.72. The molecule has 1 N–H and O–H groups in total. The van der Waals surface area contributed by atoms with E-state index in [2.05, 4.69) is 0 Å². The van der Waals surface area contributed by atoms with Gasteiger partial charge in [0.25, 0.3) is 10.0 Å². The molecule has 2 aliphatic rings. The summed E-state index contributed by atoms with van der Waals surface area (Å²) in [5.41, 5.74) is -0.643. The topological polar surface area (TPSA) is 93.1 Å². The number of rotatable bonds is 4. The maximum Gasteiger partial charge on any atom is 0.334 e. The van der Waals surface area contributed by atoms with Gasteiger partial charge < -0.3 is 14.6 Å². The Bertz CT molecular complexity index is 678. The quantitative estimate of drug-likeness (QED) is 0.878. The maximum absolute atomic E-state index is 12.7. The lowest BCUT2D eigenvalue weighted by atomic mass is 9.79. The van der Waals surface area contributed by atoms with Crippen LogP contribution in [-0.2, 0) is 19.6 Å². The molecule has 1 aromatic rings. The van der Waals surface area contributed by atoms with Crippen LogP contribution in [0.4, 0.5) is 0 Å². The van der Waals surface area contributed by atoms with E-state index in [-0.39, 0.29) is 17.3 Å². The second-order valence-corrected chi connectivity index (χ2v) is 8.77. The molecule has 1 unspecified atom stereocenters. The van der Waals surface area contributed by atoms with Gasteiger partial charge in [-0.2, -0.15) is 4.31 Å². The van der Waals surface area contributed by atoms with Gasteiger partial charge in [0, 0.05) is 6.54 Å². The molecule has 0 aromatic carbocycles. The second-order valence-electron chi connectivity index (χ2n) is 5.56. The molecule has 2 fully saturated rings. The number of thiophene rings is 1. The molecule has 1 aliphatic carbocycles. The van der Waals surface area contributed by atoms with Gasteiger partial charge in [-0.05, 0) is 31.4 Å². The molecule has 1 saturated carbocycles. The number of hydrogen-bond acceptors (Lipinski definition) is 6. The van der Waals surface area contributed by atoms with E-state index < -0.39 is 27.7 Å². The third-order valence-corrected chi connectivity index (χ3v) is 7.44. The average molecular weight is 347 g/mol. The van der Waals surface area contributed by atoms with Crippen LogP contribution in [0.1, 0.15) is 19.3 Å². The van der Waals surface area contributed by atoms with E-state index in [0.29, 0.717) is 17.9 Å². The van der Waals surface area contributed by atoms with Gasteiger partial charge in [-0.15, -0.1) is 0 Å². The molecule has 1 spiro atoms. The Kier molecular flexibility index (Phi) is 3.92. The van der Waals surface area contributed by atoms with Crippen molar-refractivity contribution in [3.8, 4) is 5.06 Å². The summed E-state index contributed by atoms with van der Waals surface area (Å²) in [4.78, 5) is 11.3. The van der Waals surface area contributed by atoms with Crippen molar-refractivity contribution in [2.45, 2.75) is 35.2 Å². The minimum absolute atomic E-state index is 0.157. The zero-order chi connectivity index (χ0) is 16.0. The van der Waals surface area contributed by atoms with Gasteiger partial charge in [-0.3, -0.25) is 0 Å². The first kappa shape index (κ1) is 15.7. The molecule has 1 aromatic heterocycles. The van der Waals surface area contributed by atoms with Crippen LogP contribution in [0.15, 0.2) is 16.3 Å². The predicted octanol–water partition coefficient (Wildman–Crippen LogP) is 1.15. The zero-order valence-corrected chi connectivity index (χ0v) is 13.7. The summed E-state index contributed by atoms with van der Waals surface area (Å²) in [6, 6.07) is 3.07. The Morgan fingerprint density at radius 1 is 1.50 bits per heavy atom. The minimum atomic E-state index is -3.74. The number of carboxylic acid groups (broad SMARTS) is 1. The van der Waals surface area contributed by atoms with Crippen molar-refractivity contribution < 1.29 is 27.8 Å². The smallest absolute Gasteiger partial charge is 0.334 e. The number of nitrogens with zero attached hydrogens (tertiary/aromatic N) is 1. The number of carboxylic acids is 1. The van der Waals surface area contributed by atoms with Crippen molar-refractivity contribution in [2.75, 3.05) is 20.2 Å². The fraction of sp³-hybridized carbons (Fsp3) is 0.615. The van der Waals surface area contributed by atoms with Crippen LogP contribution in [-0.4, -0.2) is 55.7 Å². The molecule has 9 heteroatoms. The van der Waals surface area contributed by atoms with E-state index >= 15 is 0 Å². The van der Waals surface area contributed by atoms with Crippen LogP contribution in [0, 0.1) is 0 Å². The van der Waals surface area contributed by atoms with Crippen molar-refractivity contribution in [2.24, 2.45) is 0 Å². The number of sulfonamides is 1. The molecule has 1 saturated heterocycles. The van der Waals surface area contributed by atoms with Crippen LogP contribution in [0.2, 0.25) is 0 Å². The fourth-order valence-corrected chi connectivity index (χ4v) is 5.55. The highest BCUT2D eigenvalue weighted by Gasteiger charge is 2.50. The Morgan fingerprint density at radius 3 is 2.73 bits per heavy atom. The van der Waals surface area contributed by atoms with Crippen molar-refractivity contribution in [1.82, 2.24) is 4.31 Å². The first-order valence-electron chi connectivity index (χ1n) is 6.91. The third-order valence-electron chi connectivity index (χ3n) is 4.12. The fourth-order valence-electron chi connectivity index (χ4n) is 2.78. The average Bonchev–Trinajstić information content (AvgIpc) is 2.94. The third kappa shape index (κ3) is 2.62. The normalized spacial score (nSPS) is 24.9. The SMILES string of the molecule is COc1ccc(S(=O)(=O)N2CC(C(=O)O)OC3(CCC3)C2)s1. The Hall–Kier alpha value is -1.16. The number of ether oxygens (including phenoxy) is 2. The summed E-state index contributed by atoms with van der Waals surface area (Å²) in [5.74, 6) is -1.13. The van der Waals surface area contributed by atoms with Crippen LogP contribution in [0.25, 0.3) is 0 Å².